The summed E-state index contributed by atoms with van der Waals surface area (Å²) in [5.74, 6) is 0. The molecule has 27 heavy (non-hydrogen) atoms. The smallest absolute Gasteiger partial charge is 0.307 e. The number of aryl methyl sites for hydroxylation is 3. The van der Waals surface area contributed by atoms with Gasteiger partial charge in [-0.15, -0.1) is 0 Å². The Morgan fingerprint density at radius 3 is 2.30 bits per heavy atom. The summed E-state index contributed by atoms with van der Waals surface area (Å²) < 4.78 is 41.8. The molecule has 0 fully saturated rings. The Morgan fingerprint density at radius 2 is 1.74 bits per heavy atom. The molecule has 1 aromatic carbocycles. The third kappa shape index (κ3) is 3.52. The van der Waals surface area contributed by atoms with E-state index in [2.05, 4.69) is 21.2 Å². The van der Waals surface area contributed by atoms with E-state index in [4.69, 9.17) is 0 Å². The van der Waals surface area contributed by atoms with Crippen molar-refractivity contribution in [1.29, 1.82) is 0 Å². The maximum atomic E-state index is 12.8. The molecule has 0 saturated carbocycles. The van der Waals surface area contributed by atoms with Gasteiger partial charge in [0.2, 0.25) is 0 Å². The van der Waals surface area contributed by atoms with E-state index in [-0.39, 0.29) is 5.03 Å². The van der Waals surface area contributed by atoms with Crippen LogP contribution >= 0.6 is 11.9 Å². The number of anilines is 1. The number of aromatic nitrogens is 2. The maximum Gasteiger partial charge on any atom is 0.433 e. The zero-order valence-corrected chi connectivity index (χ0v) is 15.6. The molecule has 1 heterocycles. The SMILES string of the molecule is Cn1nc(SNC(=O)Nc2c3c(cc4c2CCC4)CCC3)cc1C(F)(F)F. The van der Waals surface area contributed by atoms with Gasteiger partial charge in [-0.25, -0.2) is 4.79 Å². The van der Waals surface area contributed by atoms with Crippen LogP contribution in [0.3, 0.4) is 0 Å². The van der Waals surface area contributed by atoms with Crippen molar-refractivity contribution in [2.24, 2.45) is 7.05 Å². The van der Waals surface area contributed by atoms with E-state index >= 15 is 0 Å². The van der Waals surface area contributed by atoms with Crippen molar-refractivity contribution in [2.45, 2.75) is 49.7 Å². The Bertz CT molecular complexity index is 875. The van der Waals surface area contributed by atoms with Crippen molar-refractivity contribution in [1.82, 2.24) is 14.5 Å². The molecule has 144 valence electrons. The second-order valence-corrected chi connectivity index (χ2v) is 7.71. The first-order valence-corrected chi connectivity index (χ1v) is 9.66. The van der Waals surface area contributed by atoms with Gasteiger partial charge in [0.1, 0.15) is 10.7 Å². The van der Waals surface area contributed by atoms with Crippen molar-refractivity contribution in [3.63, 3.8) is 0 Å². The summed E-state index contributed by atoms with van der Waals surface area (Å²) in [6.45, 7) is 0. The summed E-state index contributed by atoms with van der Waals surface area (Å²) in [5, 5.41) is 6.81. The fraction of sp³-hybridized carbons (Fsp3) is 0.444. The van der Waals surface area contributed by atoms with Gasteiger partial charge in [-0.1, -0.05) is 6.07 Å². The molecule has 0 bridgehead atoms. The van der Waals surface area contributed by atoms with Gasteiger partial charge in [0, 0.05) is 30.7 Å². The lowest BCUT2D eigenvalue weighted by Crippen LogP contribution is -2.24. The molecular weight excluding hydrogens is 377 g/mol. The molecule has 9 heteroatoms. The number of carbonyl (C=O) groups excluding carboxylic acids is 1. The highest BCUT2D eigenvalue weighted by atomic mass is 32.2. The lowest BCUT2D eigenvalue weighted by molar-refractivity contribution is -0.143. The van der Waals surface area contributed by atoms with Crippen LogP contribution < -0.4 is 10.0 Å². The Balaban J connectivity index is 1.47. The number of nitrogens with one attached hydrogen (secondary N) is 2. The van der Waals surface area contributed by atoms with E-state index in [0.29, 0.717) is 0 Å². The van der Waals surface area contributed by atoms with Crippen LogP contribution in [0.4, 0.5) is 23.7 Å². The predicted octanol–water partition coefficient (Wildman–Crippen LogP) is 4.25. The molecular formula is C18H19F3N4OS. The predicted molar refractivity (Wildman–Crippen MR) is 96.7 cm³/mol. The molecule has 5 nitrogen and oxygen atoms in total. The van der Waals surface area contributed by atoms with E-state index in [1.165, 1.54) is 29.3 Å². The number of urea groups is 1. The fourth-order valence-corrected chi connectivity index (χ4v) is 4.54. The van der Waals surface area contributed by atoms with Crippen LogP contribution in [0, 0.1) is 0 Å². The Morgan fingerprint density at radius 1 is 1.11 bits per heavy atom. The molecule has 4 rings (SSSR count). The summed E-state index contributed by atoms with van der Waals surface area (Å²) in [5.41, 5.74) is 5.05. The number of carbonyl (C=O) groups is 1. The van der Waals surface area contributed by atoms with E-state index in [0.717, 1.165) is 66.9 Å². The number of fused-ring (bicyclic) bond motifs is 2. The average molecular weight is 396 g/mol. The summed E-state index contributed by atoms with van der Waals surface area (Å²) in [6.07, 6.45) is 1.63. The number of hydrogen-bond donors (Lipinski definition) is 2. The van der Waals surface area contributed by atoms with E-state index < -0.39 is 17.9 Å². The number of benzene rings is 1. The number of hydrogen-bond acceptors (Lipinski definition) is 3. The summed E-state index contributed by atoms with van der Waals surface area (Å²) in [7, 11) is 1.23. The Labute approximate surface area is 158 Å². The minimum absolute atomic E-state index is 0.0866. The molecule has 2 amide bonds. The molecule has 0 spiro atoms. The summed E-state index contributed by atoms with van der Waals surface area (Å²) >= 11 is 0.771. The Kier molecular flexibility index (Phi) is 4.57. The highest BCUT2D eigenvalue weighted by molar-refractivity contribution is 7.97. The number of halogens is 3. The molecule has 0 aliphatic heterocycles. The van der Waals surface area contributed by atoms with Gasteiger partial charge < -0.3 is 5.32 Å². The van der Waals surface area contributed by atoms with Crippen LogP contribution in [-0.4, -0.2) is 15.8 Å². The van der Waals surface area contributed by atoms with Crippen LogP contribution in [0.1, 0.15) is 40.8 Å². The molecule has 0 radical (unpaired) electrons. The third-order valence-corrected chi connectivity index (χ3v) is 5.80. The molecule has 2 aliphatic rings. The largest absolute Gasteiger partial charge is 0.433 e. The molecule has 1 aromatic heterocycles. The fourth-order valence-electron chi connectivity index (χ4n) is 3.96. The van der Waals surface area contributed by atoms with Gasteiger partial charge in [-0.2, -0.15) is 18.3 Å². The monoisotopic (exact) mass is 396 g/mol. The molecule has 2 aromatic rings. The van der Waals surface area contributed by atoms with Crippen molar-refractivity contribution in [3.05, 3.63) is 40.1 Å². The lowest BCUT2D eigenvalue weighted by atomic mass is 9.99. The molecule has 0 unspecified atom stereocenters. The van der Waals surface area contributed by atoms with Gasteiger partial charge in [-0.05, 0) is 60.8 Å². The minimum atomic E-state index is -4.48. The molecule has 0 atom stereocenters. The number of rotatable bonds is 3. The first-order chi connectivity index (χ1) is 12.8. The van der Waals surface area contributed by atoms with Gasteiger partial charge >= 0.3 is 12.2 Å². The zero-order valence-electron chi connectivity index (χ0n) is 14.7. The van der Waals surface area contributed by atoms with Crippen molar-refractivity contribution in [3.8, 4) is 0 Å². The second-order valence-electron chi connectivity index (χ2n) is 6.88. The van der Waals surface area contributed by atoms with Crippen molar-refractivity contribution >= 4 is 23.7 Å². The highest BCUT2D eigenvalue weighted by Gasteiger charge is 2.35. The zero-order chi connectivity index (χ0) is 19.2. The first-order valence-electron chi connectivity index (χ1n) is 8.84. The van der Waals surface area contributed by atoms with Gasteiger partial charge in [-0.3, -0.25) is 9.40 Å². The Hall–Kier alpha value is -2.16. The number of nitrogens with zero attached hydrogens (tertiary/aromatic N) is 2. The number of alkyl halides is 3. The first kappa shape index (κ1) is 18.2. The highest BCUT2D eigenvalue weighted by Crippen LogP contribution is 2.38. The van der Waals surface area contributed by atoms with Crippen LogP contribution in [0.2, 0.25) is 0 Å². The standard InChI is InChI=1S/C18H19F3N4OS/c1-25-14(18(19,20)21)9-15(23-25)27-24-17(26)22-16-12-6-2-4-10(12)8-11-5-3-7-13(11)16/h8-9H,2-7H2,1H3,(H2,22,24,26). The quantitative estimate of drug-likeness (QED) is 0.763. The average Bonchev–Trinajstić information content (AvgIpc) is 3.30. The van der Waals surface area contributed by atoms with Crippen molar-refractivity contribution < 1.29 is 18.0 Å². The lowest BCUT2D eigenvalue weighted by Gasteiger charge is -2.16. The number of amides is 2. The third-order valence-electron chi connectivity index (χ3n) is 5.11. The van der Waals surface area contributed by atoms with Gasteiger partial charge in [0.25, 0.3) is 0 Å². The second kappa shape index (κ2) is 6.78. The van der Waals surface area contributed by atoms with Crippen LogP contribution in [0.5, 0.6) is 0 Å². The molecule has 0 saturated heterocycles. The topological polar surface area (TPSA) is 59.0 Å². The van der Waals surface area contributed by atoms with Gasteiger partial charge in [0.15, 0.2) is 0 Å². The van der Waals surface area contributed by atoms with E-state index in [9.17, 15) is 18.0 Å². The van der Waals surface area contributed by atoms with E-state index in [1.54, 1.807) is 0 Å². The van der Waals surface area contributed by atoms with Crippen LogP contribution in [0.15, 0.2) is 17.2 Å². The molecule has 2 aliphatic carbocycles. The van der Waals surface area contributed by atoms with Crippen molar-refractivity contribution in [2.75, 3.05) is 5.32 Å². The maximum absolute atomic E-state index is 12.8. The minimum Gasteiger partial charge on any atom is -0.307 e. The summed E-state index contributed by atoms with van der Waals surface area (Å²) in [4.78, 5) is 12.4. The van der Waals surface area contributed by atoms with Crippen LogP contribution in [0.25, 0.3) is 0 Å². The van der Waals surface area contributed by atoms with Crippen LogP contribution in [-0.2, 0) is 38.9 Å². The normalized spacial score (nSPS) is 15.6. The van der Waals surface area contributed by atoms with Gasteiger partial charge in [0.05, 0.1) is 0 Å². The molecule has 2 N–H and O–H groups in total. The summed E-state index contributed by atoms with van der Waals surface area (Å²) in [6, 6.07) is 2.74. The van der Waals surface area contributed by atoms with E-state index in [1.807, 2.05) is 0 Å².